The van der Waals surface area contributed by atoms with E-state index >= 15 is 0 Å². The molecule has 0 amide bonds. The Labute approximate surface area is 127 Å². The maximum atomic E-state index is 12.5. The van der Waals surface area contributed by atoms with Crippen LogP contribution in [0, 0.1) is 6.92 Å². The molecule has 0 spiro atoms. The van der Waals surface area contributed by atoms with E-state index in [0.29, 0.717) is 15.8 Å². The van der Waals surface area contributed by atoms with Crippen molar-refractivity contribution in [2.45, 2.75) is 11.8 Å². The van der Waals surface area contributed by atoms with Crippen LogP contribution in [0.1, 0.15) is 5.56 Å². The van der Waals surface area contributed by atoms with E-state index in [9.17, 15) is 8.42 Å². The Morgan fingerprint density at radius 2 is 1.75 bits per heavy atom. The minimum absolute atomic E-state index is 0.218. The highest BCUT2D eigenvalue weighted by Crippen LogP contribution is 2.28. The fourth-order valence-corrected chi connectivity index (χ4v) is 3.59. The third kappa shape index (κ3) is 3.13. The summed E-state index contributed by atoms with van der Waals surface area (Å²) in [6.07, 6.45) is 0. The maximum absolute atomic E-state index is 12.5. The lowest BCUT2D eigenvalue weighted by molar-refractivity contribution is 0.601. The van der Waals surface area contributed by atoms with Crippen molar-refractivity contribution in [1.82, 2.24) is 0 Å². The lowest BCUT2D eigenvalue weighted by Crippen LogP contribution is -2.15. The van der Waals surface area contributed by atoms with Crippen LogP contribution in [0.15, 0.2) is 51.8 Å². The number of rotatable bonds is 4. The highest BCUT2D eigenvalue weighted by molar-refractivity contribution is 9.10. The second kappa shape index (κ2) is 5.85. The second-order valence-corrected chi connectivity index (χ2v) is 6.84. The number of para-hydroxylation sites is 1. The fourth-order valence-electron chi connectivity index (χ4n) is 1.82. The van der Waals surface area contributed by atoms with E-state index in [1.807, 2.05) is 19.1 Å². The Balaban J connectivity index is 2.43. The summed E-state index contributed by atoms with van der Waals surface area (Å²) in [6.45, 7) is 1.91. The SMILES string of the molecule is CNc1ccccc1S(=O)(=O)Nc1cc(C)ccc1Br. The molecule has 4 nitrogen and oxygen atoms in total. The summed E-state index contributed by atoms with van der Waals surface area (Å²) in [7, 11) is -1.95. The Morgan fingerprint density at radius 3 is 2.45 bits per heavy atom. The topological polar surface area (TPSA) is 58.2 Å². The molecular weight excluding hydrogens is 340 g/mol. The summed E-state index contributed by atoms with van der Waals surface area (Å²) in [5, 5.41) is 2.88. The molecule has 0 aromatic heterocycles. The molecule has 0 heterocycles. The molecule has 106 valence electrons. The molecule has 0 aliphatic heterocycles. The summed E-state index contributed by atoms with van der Waals surface area (Å²) >= 11 is 3.35. The van der Waals surface area contributed by atoms with Gasteiger partial charge in [0.25, 0.3) is 10.0 Å². The van der Waals surface area contributed by atoms with Crippen LogP contribution in [-0.2, 0) is 10.0 Å². The molecule has 0 fully saturated rings. The quantitative estimate of drug-likeness (QED) is 0.881. The van der Waals surface area contributed by atoms with Gasteiger partial charge in [-0.2, -0.15) is 0 Å². The molecule has 0 atom stereocenters. The number of halogens is 1. The van der Waals surface area contributed by atoms with Gasteiger partial charge >= 0.3 is 0 Å². The molecule has 2 aromatic carbocycles. The van der Waals surface area contributed by atoms with Gasteiger partial charge in [-0.15, -0.1) is 0 Å². The van der Waals surface area contributed by atoms with E-state index in [2.05, 4.69) is 26.0 Å². The van der Waals surface area contributed by atoms with Crippen molar-refractivity contribution >= 4 is 37.3 Å². The minimum Gasteiger partial charge on any atom is -0.387 e. The van der Waals surface area contributed by atoms with Crippen molar-refractivity contribution in [3.8, 4) is 0 Å². The highest BCUT2D eigenvalue weighted by Gasteiger charge is 2.18. The van der Waals surface area contributed by atoms with Crippen molar-refractivity contribution in [1.29, 1.82) is 0 Å². The van der Waals surface area contributed by atoms with E-state index < -0.39 is 10.0 Å². The molecule has 20 heavy (non-hydrogen) atoms. The van der Waals surface area contributed by atoms with E-state index in [1.165, 1.54) is 0 Å². The molecule has 0 bridgehead atoms. The number of aryl methyl sites for hydroxylation is 1. The van der Waals surface area contributed by atoms with Gasteiger partial charge in [0.05, 0.1) is 11.4 Å². The van der Waals surface area contributed by atoms with Crippen LogP contribution < -0.4 is 10.0 Å². The van der Waals surface area contributed by atoms with Crippen LogP contribution in [0.2, 0.25) is 0 Å². The summed E-state index contributed by atoms with van der Waals surface area (Å²) in [4.78, 5) is 0.218. The standard InChI is InChI=1S/C14H15BrN2O2S/c1-10-7-8-11(15)13(9-10)17-20(18,19)14-6-4-3-5-12(14)16-2/h3-9,16-17H,1-2H3. The van der Waals surface area contributed by atoms with E-state index in [1.54, 1.807) is 37.4 Å². The zero-order chi connectivity index (χ0) is 14.8. The number of benzene rings is 2. The Morgan fingerprint density at radius 1 is 1.05 bits per heavy atom. The first kappa shape index (κ1) is 14.9. The predicted octanol–water partition coefficient (Wildman–Crippen LogP) is 3.60. The number of nitrogens with one attached hydrogen (secondary N) is 2. The van der Waals surface area contributed by atoms with Gasteiger partial charge < -0.3 is 5.32 Å². The molecule has 0 unspecified atom stereocenters. The van der Waals surface area contributed by atoms with Crippen molar-refractivity contribution in [2.24, 2.45) is 0 Å². The summed E-state index contributed by atoms with van der Waals surface area (Å²) in [5.74, 6) is 0. The van der Waals surface area contributed by atoms with Crippen molar-refractivity contribution in [3.05, 3.63) is 52.5 Å². The van der Waals surface area contributed by atoms with Crippen molar-refractivity contribution < 1.29 is 8.42 Å². The van der Waals surface area contributed by atoms with Gasteiger partial charge in [-0.05, 0) is 52.7 Å². The monoisotopic (exact) mass is 354 g/mol. The smallest absolute Gasteiger partial charge is 0.263 e. The van der Waals surface area contributed by atoms with E-state index in [4.69, 9.17) is 0 Å². The summed E-state index contributed by atoms with van der Waals surface area (Å²) in [6, 6.07) is 12.3. The van der Waals surface area contributed by atoms with Crippen LogP contribution >= 0.6 is 15.9 Å². The molecule has 2 rings (SSSR count). The Bertz CT molecular complexity index is 730. The third-order valence-electron chi connectivity index (χ3n) is 2.81. The Kier molecular flexibility index (Phi) is 4.35. The van der Waals surface area contributed by atoms with E-state index in [-0.39, 0.29) is 4.90 Å². The van der Waals surface area contributed by atoms with Crippen LogP contribution in [0.5, 0.6) is 0 Å². The molecule has 0 aliphatic rings. The van der Waals surface area contributed by atoms with Gasteiger partial charge in [-0.1, -0.05) is 18.2 Å². The van der Waals surface area contributed by atoms with Gasteiger partial charge in [0.1, 0.15) is 4.90 Å². The van der Waals surface area contributed by atoms with E-state index in [0.717, 1.165) is 5.56 Å². The Hall–Kier alpha value is -1.53. The predicted molar refractivity (Wildman–Crippen MR) is 85.7 cm³/mol. The van der Waals surface area contributed by atoms with Crippen LogP contribution in [0.25, 0.3) is 0 Å². The lowest BCUT2D eigenvalue weighted by Gasteiger charge is -2.13. The van der Waals surface area contributed by atoms with Gasteiger partial charge in [0.15, 0.2) is 0 Å². The average molecular weight is 355 g/mol. The third-order valence-corrected chi connectivity index (χ3v) is 4.93. The molecule has 0 saturated carbocycles. The summed E-state index contributed by atoms with van der Waals surface area (Å²) < 4.78 is 28.3. The lowest BCUT2D eigenvalue weighted by atomic mass is 10.2. The highest BCUT2D eigenvalue weighted by atomic mass is 79.9. The molecule has 0 radical (unpaired) electrons. The zero-order valence-corrected chi connectivity index (χ0v) is 13.5. The molecule has 0 saturated heterocycles. The van der Waals surface area contributed by atoms with Gasteiger partial charge in [-0.25, -0.2) is 8.42 Å². The maximum Gasteiger partial charge on any atom is 0.263 e. The molecular formula is C14H15BrN2O2S. The largest absolute Gasteiger partial charge is 0.387 e. The molecule has 2 N–H and O–H groups in total. The fraction of sp³-hybridized carbons (Fsp3) is 0.143. The molecule has 2 aromatic rings. The van der Waals surface area contributed by atoms with Crippen LogP contribution in [0.4, 0.5) is 11.4 Å². The number of anilines is 2. The average Bonchev–Trinajstić information content (AvgIpc) is 2.42. The molecule has 0 aliphatic carbocycles. The first-order chi connectivity index (χ1) is 9.44. The number of sulfonamides is 1. The summed E-state index contributed by atoms with van der Waals surface area (Å²) in [5.41, 5.74) is 2.06. The number of hydrogen-bond donors (Lipinski definition) is 2. The van der Waals surface area contributed by atoms with Crippen molar-refractivity contribution in [2.75, 3.05) is 17.1 Å². The second-order valence-electron chi connectivity index (χ2n) is 4.33. The van der Waals surface area contributed by atoms with Gasteiger partial charge in [0.2, 0.25) is 0 Å². The molecule has 6 heteroatoms. The van der Waals surface area contributed by atoms with Crippen LogP contribution in [0.3, 0.4) is 0 Å². The normalized spacial score (nSPS) is 11.2. The van der Waals surface area contributed by atoms with Gasteiger partial charge in [0, 0.05) is 11.5 Å². The van der Waals surface area contributed by atoms with Gasteiger partial charge in [-0.3, -0.25) is 4.72 Å². The van der Waals surface area contributed by atoms with Crippen LogP contribution in [-0.4, -0.2) is 15.5 Å². The first-order valence-corrected chi connectivity index (χ1v) is 8.27. The zero-order valence-electron chi connectivity index (χ0n) is 11.1. The van der Waals surface area contributed by atoms with Crippen molar-refractivity contribution in [3.63, 3.8) is 0 Å². The number of hydrogen-bond acceptors (Lipinski definition) is 3. The minimum atomic E-state index is -3.64. The first-order valence-electron chi connectivity index (χ1n) is 6.00.